The third kappa shape index (κ3) is 5.87. The Morgan fingerprint density at radius 1 is 0.762 bits per heavy atom. The fourth-order valence-corrected chi connectivity index (χ4v) is 4.55. The zero-order valence-electron chi connectivity index (χ0n) is 23.1. The molecule has 1 fully saturated rings. The third-order valence-corrected chi connectivity index (χ3v) is 6.86. The Bertz CT molecular complexity index is 1840. The first-order valence-corrected chi connectivity index (χ1v) is 14.0. The molecule has 4 aromatic heterocycles. The van der Waals surface area contributed by atoms with E-state index in [1.165, 1.54) is 0 Å². The highest BCUT2D eigenvalue weighted by molar-refractivity contribution is 6.07. The molecule has 0 unspecified atom stereocenters. The van der Waals surface area contributed by atoms with Gasteiger partial charge in [0.1, 0.15) is 0 Å². The number of rotatable bonds is 7. The minimum absolute atomic E-state index is 0.0196. The van der Waals surface area contributed by atoms with Crippen molar-refractivity contribution in [3.8, 4) is 11.4 Å². The van der Waals surface area contributed by atoms with Gasteiger partial charge >= 0.3 is 0 Å². The number of pyridine rings is 2. The van der Waals surface area contributed by atoms with Crippen molar-refractivity contribution < 1.29 is 9.59 Å². The normalized spacial score (nSPS) is 12.5. The molecule has 0 aliphatic heterocycles. The average molecular weight is 559 g/mol. The van der Waals surface area contributed by atoms with E-state index in [9.17, 15) is 9.59 Å². The van der Waals surface area contributed by atoms with Crippen molar-refractivity contribution in [2.24, 2.45) is 0 Å². The summed E-state index contributed by atoms with van der Waals surface area (Å²) in [6, 6.07) is 19.1. The van der Waals surface area contributed by atoms with Crippen LogP contribution in [0.3, 0.4) is 0 Å². The van der Waals surface area contributed by atoms with Crippen molar-refractivity contribution in [2.45, 2.75) is 32.2 Å². The molecule has 2 amide bonds. The lowest BCUT2D eigenvalue weighted by Gasteiger charge is -2.03. The van der Waals surface area contributed by atoms with E-state index in [0.717, 1.165) is 52.4 Å². The van der Waals surface area contributed by atoms with E-state index < -0.39 is 0 Å². The van der Waals surface area contributed by atoms with E-state index in [2.05, 4.69) is 30.8 Å². The summed E-state index contributed by atoms with van der Waals surface area (Å²) < 4.78 is 3.50. The van der Waals surface area contributed by atoms with Gasteiger partial charge in [-0.1, -0.05) is 19.1 Å². The third-order valence-electron chi connectivity index (χ3n) is 6.86. The Morgan fingerprint density at radius 2 is 1.31 bits per heavy atom. The summed E-state index contributed by atoms with van der Waals surface area (Å²) in [5.41, 5.74) is 4.67. The molecule has 0 spiro atoms. The maximum atomic E-state index is 12.3. The van der Waals surface area contributed by atoms with Gasteiger partial charge in [0.15, 0.2) is 0 Å². The van der Waals surface area contributed by atoms with E-state index in [1.54, 1.807) is 34.2 Å². The summed E-state index contributed by atoms with van der Waals surface area (Å²) in [4.78, 5) is 32.7. The fraction of sp³-hybridized carbons (Fsp3) is 0.188. The minimum atomic E-state index is -0.0619. The molecule has 1 aliphatic carbocycles. The SMILES string of the molecule is CCCNC(=O)c1cccc2nn(-c3cccnc3)cc12.O=C(NC1CC1)c1cccc2nn(-c3cccnc3)cc12. The Kier molecular flexibility index (Phi) is 7.67. The van der Waals surface area contributed by atoms with E-state index in [1.807, 2.05) is 80.0 Å². The van der Waals surface area contributed by atoms with Crippen LogP contribution >= 0.6 is 0 Å². The standard InChI is InChI=1S/C16H14N4O.C16H16N4O/c21-16(18-11-6-7-11)13-4-1-5-15-14(13)10-20(19-15)12-3-2-8-17-9-12;1-2-8-18-16(21)13-6-3-7-15-14(13)11-20(19-15)12-5-4-9-17-10-12/h1-5,8-11H,6-7H2,(H,18,21);3-7,9-11H,2,8H2,1H3,(H,18,21). The highest BCUT2D eigenvalue weighted by atomic mass is 16.2. The second-order valence-corrected chi connectivity index (χ2v) is 10.1. The lowest BCUT2D eigenvalue weighted by Crippen LogP contribution is -2.25. The van der Waals surface area contributed by atoms with Crippen LogP contribution in [-0.4, -0.2) is 53.9 Å². The zero-order valence-corrected chi connectivity index (χ0v) is 23.1. The smallest absolute Gasteiger partial charge is 0.252 e. The largest absolute Gasteiger partial charge is 0.352 e. The molecule has 0 atom stereocenters. The minimum Gasteiger partial charge on any atom is -0.352 e. The highest BCUT2D eigenvalue weighted by Crippen LogP contribution is 2.23. The van der Waals surface area contributed by atoms with Crippen molar-refractivity contribution in [1.82, 2.24) is 40.2 Å². The van der Waals surface area contributed by atoms with E-state index >= 15 is 0 Å². The molecule has 7 rings (SSSR count). The number of benzene rings is 2. The van der Waals surface area contributed by atoms with Gasteiger partial charge in [-0.2, -0.15) is 10.2 Å². The summed E-state index contributed by atoms with van der Waals surface area (Å²) in [5.74, 6) is -0.0815. The summed E-state index contributed by atoms with van der Waals surface area (Å²) in [5, 5.41) is 16.6. The van der Waals surface area contributed by atoms with Crippen LogP contribution in [0.5, 0.6) is 0 Å². The summed E-state index contributed by atoms with van der Waals surface area (Å²) >= 11 is 0. The molecular weight excluding hydrogens is 528 g/mol. The van der Waals surface area contributed by atoms with Crippen LogP contribution in [0, 0.1) is 0 Å². The van der Waals surface area contributed by atoms with Gasteiger partial charge in [-0.15, -0.1) is 0 Å². The predicted octanol–water partition coefficient (Wildman–Crippen LogP) is 4.87. The molecule has 0 bridgehead atoms. The molecule has 10 nitrogen and oxygen atoms in total. The first-order chi connectivity index (χ1) is 20.6. The highest BCUT2D eigenvalue weighted by Gasteiger charge is 2.25. The first kappa shape index (κ1) is 26.8. The zero-order chi connectivity index (χ0) is 28.9. The monoisotopic (exact) mass is 558 g/mol. The molecule has 0 saturated heterocycles. The Labute approximate surface area is 242 Å². The van der Waals surface area contributed by atoms with Gasteiger partial charge in [-0.05, 0) is 67.8 Å². The van der Waals surface area contributed by atoms with Crippen molar-refractivity contribution in [2.75, 3.05) is 6.54 Å². The Balaban J connectivity index is 0.000000150. The molecular formula is C32H30N8O2. The van der Waals surface area contributed by atoms with Crippen LogP contribution in [-0.2, 0) is 0 Å². The number of hydrogen-bond acceptors (Lipinski definition) is 6. The van der Waals surface area contributed by atoms with Gasteiger partial charge in [-0.3, -0.25) is 19.6 Å². The number of amides is 2. The second-order valence-electron chi connectivity index (χ2n) is 10.1. The molecule has 2 aromatic carbocycles. The molecule has 0 radical (unpaired) electrons. The van der Waals surface area contributed by atoms with Crippen LogP contribution in [0.1, 0.15) is 46.9 Å². The quantitative estimate of drug-likeness (QED) is 0.288. The Morgan fingerprint density at radius 3 is 1.79 bits per heavy atom. The second kappa shape index (κ2) is 12.0. The summed E-state index contributed by atoms with van der Waals surface area (Å²) in [6.45, 7) is 2.70. The van der Waals surface area contributed by atoms with Gasteiger partial charge in [0.2, 0.25) is 0 Å². The number of carbonyl (C=O) groups is 2. The number of nitrogens with zero attached hydrogens (tertiary/aromatic N) is 6. The number of aromatic nitrogens is 6. The summed E-state index contributed by atoms with van der Waals surface area (Å²) in [6.07, 6.45) is 13.8. The van der Waals surface area contributed by atoms with Crippen molar-refractivity contribution in [1.29, 1.82) is 0 Å². The van der Waals surface area contributed by atoms with Gasteiger partial charge in [0, 0.05) is 48.1 Å². The van der Waals surface area contributed by atoms with Gasteiger partial charge < -0.3 is 10.6 Å². The van der Waals surface area contributed by atoms with Gasteiger partial charge in [-0.25, -0.2) is 9.36 Å². The Hall–Kier alpha value is -5.38. The van der Waals surface area contributed by atoms with Crippen molar-refractivity contribution in [3.63, 3.8) is 0 Å². The lowest BCUT2D eigenvalue weighted by molar-refractivity contribution is 0.0945. The molecule has 1 aliphatic rings. The number of nitrogens with one attached hydrogen (secondary N) is 2. The summed E-state index contributed by atoms with van der Waals surface area (Å²) in [7, 11) is 0. The number of fused-ring (bicyclic) bond motifs is 2. The fourth-order valence-electron chi connectivity index (χ4n) is 4.55. The van der Waals surface area contributed by atoms with Crippen molar-refractivity contribution in [3.05, 3.63) is 109 Å². The van der Waals surface area contributed by atoms with Crippen LogP contribution in [0.4, 0.5) is 0 Å². The van der Waals surface area contributed by atoms with E-state index in [0.29, 0.717) is 23.7 Å². The topological polar surface area (TPSA) is 120 Å². The molecule has 10 heteroatoms. The van der Waals surface area contributed by atoms with Crippen LogP contribution in [0.15, 0.2) is 97.8 Å². The molecule has 1 saturated carbocycles. The average Bonchev–Trinajstić information content (AvgIpc) is 3.56. The van der Waals surface area contributed by atoms with E-state index in [4.69, 9.17) is 0 Å². The number of hydrogen-bond donors (Lipinski definition) is 2. The van der Waals surface area contributed by atoms with E-state index in [-0.39, 0.29) is 11.8 Å². The molecule has 42 heavy (non-hydrogen) atoms. The maximum absolute atomic E-state index is 12.3. The predicted molar refractivity (Wildman–Crippen MR) is 161 cm³/mol. The molecule has 6 aromatic rings. The lowest BCUT2D eigenvalue weighted by atomic mass is 10.1. The first-order valence-electron chi connectivity index (χ1n) is 14.0. The van der Waals surface area contributed by atoms with Crippen molar-refractivity contribution >= 4 is 33.6 Å². The van der Waals surface area contributed by atoms with Crippen LogP contribution in [0.25, 0.3) is 33.2 Å². The van der Waals surface area contributed by atoms with Crippen LogP contribution < -0.4 is 10.6 Å². The maximum Gasteiger partial charge on any atom is 0.252 e. The van der Waals surface area contributed by atoms with Gasteiger partial charge in [0.25, 0.3) is 11.8 Å². The van der Waals surface area contributed by atoms with Crippen LogP contribution in [0.2, 0.25) is 0 Å². The number of carbonyl (C=O) groups excluding carboxylic acids is 2. The molecule has 4 heterocycles. The van der Waals surface area contributed by atoms with Gasteiger partial charge in [0.05, 0.1) is 45.9 Å². The molecule has 210 valence electrons. The molecule has 2 N–H and O–H groups in total.